The van der Waals surface area contributed by atoms with Gasteiger partial charge in [0.2, 0.25) is 41.1 Å². The Hall–Kier alpha value is -4.88. The molecule has 1 saturated heterocycles. The molecule has 2 heterocycles. The minimum absolute atomic E-state index is 0.154. The summed E-state index contributed by atoms with van der Waals surface area (Å²) in [6.45, 7) is 1.97. The van der Waals surface area contributed by atoms with Crippen LogP contribution in [0.4, 0.5) is 27.6 Å². The molecule has 25 heteroatoms. The van der Waals surface area contributed by atoms with E-state index in [0.29, 0.717) is 55.7 Å². The Labute approximate surface area is 380 Å². The fourth-order valence-electron chi connectivity index (χ4n) is 6.23. The number of halogens is 5. The van der Waals surface area contributed by atoms with Crippen molar-refractivity contribution >= 4 is 36.6 Å². The molecule has 0 aliphatic carbocycles. The lowest BCUT2D eigenvalue weighted by Crippen LogP contribution is -2.59. The molecule has 1 aliphatic heterocycles. The zero-order chi connectivity index (χ0) is 47.8. The van der Waals surface area contributed by atoms with Gasteiger partial charge in [-0.2, -0.15) is 8.78 Å². The number of benzene rings is 3. The van der Waals surface area contributed by atoms with E-state index in [9.17, 15) is 46.6 Å². The van der Waals surface area contributed by atoms with Gasteiger partial charge in [0.1, 0.15) is 36.4 Å². The van der Waals surface area contributed by atoms with Gasteiger partial charge in [-0.25, -0.2) is 17.9 Å². The standard InChI is InChI=1S/C41H49F5N5O13PS/c42-31-32(43)34(45)39(35(46)33(31)44)64-30(52)12-17-59-16-11-24-4-3-6-28(22-24)61-20-19-60-18-15-51-23-26(49-50-51)5-1-2-14-47-41(66)48-25-7-9-27(10-8-25)62-40-38(55)37(54)36(53)29(63-40)13-21-65(56,57)58/h3-4,6-10,22-23,29,36-38,40,53-55H,1-2,5,11-21H2,(H2,47,48,66)(H2,56,57,58)/t29-,36-,37+,38+,40+/m1/s1. The number of unbranched alkanes of at least 4 members (excludes halogenated alkanes) is 1. The fourth-order valence-corrected chi connectivity index (χ4v) is 7.04. The van der Waals surface area contributed by atoms with Crippen molar-refractivity contribution in [3.63, 3.8) is 0 Å². The maximum atomic E-state index is 13.7. The first-order valence-corrected chi connectivity index (χ1v) is 22.7. The van der Waals surface area contributed by atoms with E-state index in [1.807, 2.05) is 12.3 Å². The minimum atomic E-state index is -4.38. The topological polar surface area (TPSA) is 245 Å². The highest BCUT2D eigenvalue weighted by molar-refractivity contribution is 7.80. The Morgan fingerprint density at radius 1 is 0.833 bits per heavy atom. The molecule has 1 aliphatic rings. The van der Waals surface area contributed by atoms with Gasteiger partial charge in [0.05, 0.1) is 57.4 Å². The van der Waals surface area contributed by atoms with E-state index in [2.05, 4.69) is 25.7 Å². The van der Waals surface area contributed by atoms with Crippen LogP contribution in [0.1, 0.15) is 36.9 Å². The van der Waals surface area contributed by atoms with Gasteiger partial charge in [0.25, 0.3) is 0 Å². The molecule has 7 N–H and O–H groups in total. The summed E-state index contributed by atoms with van der Waals surface area (Å²) in [5, 5.41) is 45.7. The molecule has 66 heavy (non-hydrogen) atoms. The molecule has 3 aromatic carbocycles. The van der Waals surface area contributed by atoms with Crippen LogP contribution in [0, 0.1) is 29.1 Å². The molecule has 4 aromatic rings. The first-order valence-electron chi connectivity index (χ1n) is 20.5. The van der Waals surface area contributed by atoms with Gasteiger partial charge >= 0.3 is 13.6 Å². The number of aliphatic hydroxyl groups is 3. The van der Waals surface area contributed by atoms with Crippen molar-refractivity contribution in [1.82, 2.24) is 20.3 Å². The van der Waals surface area contributed by atoms with Crippen LogP contribution in [0.3, 0.4) is 0 Å². The Bertz CT molecular complexity index is 2230. The monoisotopic (exact) mass is 977 g/mol. The number of carbonyl (C=O) groups excluding carboxylic acids is 1. The highest BCUT2D eigenvalue weighted by Crippen LogP contribution is 2.37. The molecular formula is C41H49F5N5O13PS. The van der Waals surface area contributed by atoms with Crippen molar-refractivity contribution in [1.29, 1.82) is 0 Å². The number of carbonyl (C=O) groups is 1. The van der Waals surface area contributed by atoms with Crippen molar-refractivity contribution in [2.75, 3.05) is 51.1 Å². The Balaban J connectivity index is 0.880. The largest absolute Gasteiger partial charge is 0.491 e. The van der Waals surface area contributed by atoms with E-state index >= 15 is 0 Å². The van der Waals surface area contributed by atoms with Crippen LogP contribution in [0.5, 0.6) is 17.2 Å². The summed E-state index contributed by atoms with van der Waals surface area (Å²) in [5.74, 6) is -13.3. The molecule has 18 nitrogen and oxygen atoms in total. The zero-order valence-electron chi connectivity index (χ0n) is 35.1. The van der Waals surface area contributed by atoms with Crippen LogP contribution < -0.4 is 24.8 Å². The number of ether oxygens (including phenoxy) is 6. The predicted molar refractivity (Wildman–Crippen MR) is 226 cm³/mol. The smallest absolute Gasteiger partial charge is 0.325 e. The lowest BCUT2D eigenvalue weighted by Gasteiger charge is -2.40. The number of aryl methyl sites for hydroxylation is 1. The van der Waals surface area contributed by atoms with E-state index in [1.165, 1.54) is 0 Å². The minimum Gasteiger partial charge on any atom is -0.491 e. The molecule has 1 aromatic heterocycles. The summed E-state index contributed by atoms with van der Waals surface area (Å²) in [4.78, 5) is 30.2. The SMILES string of the molecule is O=C(CCOCCc1cccc(OCCOCCn2cc(CCCCNC(=S)Nc3ccc(O[C@H]4O[C@H](CCP(=O)(O)O)[C@@H](O)[C@H](O)[C@@H]4O)cc3)nn2)c1)Oc1c(F)c(F)c(F)c(F)c1F. The molecule has 5 rings (SSSR count). The fraction of sp³-hybridized carbons (Fsp3) is 0.463. The number of esters is 1. The van der Waals surface area contributed by atoms with Gasteiger partial charge in [0.15, 0.2) is 5.11 Å². The highest BCUT2D eigenvalue weighted by Gasteiger charge is 2.45. The Kier molecular flexibility index (Phi) is 20.0. The number of aliphatic hydroxyl groups excluding tert-OH is 3. The maximum absolute atomic E-state index is 13.7. The lowest BCUT2D eigenvalue weighted by atomic mass is 9.97. The number of aromatic nitrogens is 3. The number of anilines is 1. The summed E-state index contributed by atoms with van der Waals surface area (Å²) in [6, 6.07) is 13.6. The molecule has 0 unspecified atom stereocenters. The number of hydrogen-bond donors (Lipinski definition) is 7. The molecular weight excluding hydrogens is 929 g/mol. The quantitative estimate of drug-likeness (QED) is 0.00732. The van der Waals surface area contributed by atoms with Gasteiger partial charge < -0.3 is 64.2 Å². The third kappa shape index (κ3) is 16.2. The average molecular weight is 978 g/mol. The van der Waals surface area contributed by atoms with E-state index in [-0.39, 0.29) is 32.0 Å². The Morgan fingerprint density at radius 3 is 2.27 bits per heavy atom. The van der Waals surface area contributed by atoms with Gasteiger partial charge in [-0.05, 0) is 86.3 Å². The summed E-state index contributed by atoms with van der Waals surface area (Å²) >= 11 is 5.39. The normalized spacial score (nSPS) is 18.5. The second-order valence-corrected chi connectivity index (χ2v) is 16.9. The maximum Gasteiger partial charge on any atom is 0.325 e. The van der Waals surface area contributed by atoms with Gasteiger partial charge in [-0.3, -0.25) is 9.36 Å². The van der Waals surface area contributed by atoms with E-state index in [0.717, 1.165) is 24.1 Å². The lowest BCUT2D eigenvalue weighted by molar-refractivity contribution is -0.272. The van der Waals surface area contributed by atoms with Crippen LogP contribution in [0.2, 0.25) is 0 Å². The predicted octanol–water partition coefficient (Wildman–Crippen LogP) is 3.69. The van der Waals surface area contributed by atoms with E-state index < -0.39 is 91.7 Å². The zero-order valence-corrected chi connectivity index (χ0v) is 36.8. The molecule has 362 valence electrons. The molecule has 0 bridgehead atoms. The number of nitrogens with one attached hydrogen (secondary N) is 2. The van der Waals surface area contributed by atoms with Crippen molar-refractivity contribution in [2.45, 2.75) is 75.8 Å². The van der Waals surface area contributed by atoms with Crippen molar-refractivity contribution in [3.8, 4) is 17.2 Å². The number of hydrogen-bond acceptors (Lipinski definition) is 14. The molecule has 0 amide bonds. The molecule has 5 atom stereocenters. The second kappa shape index (κ2) is 25.3. The van der Waals surface area contributed by atoms with Crippen molar-refractivity contribution in [3.05, 3.63) is 95.1 Å². The van der Waals surface area contributed by atoms with Crippen LogP contribution in [0.15, 0.2) is 54.7 Å². The van der Waals surface area contributed by atoms with Gasteiger partial charge in [-0.1, -0.05) is 17.3 Å². The molecule has 0 radical (unpaired) electrons. The van der Waals surface area contributed by atoms with E-state index in [1.54, 1.807) is 47.1 Å². The van der Waals surface area contributed by atoms with Crippen LogP contribution in [-0.2, 0) is 43.0 Å². The summed E-state index contributed by atoms with van der Waals surface area (Å²) < 4.78 is 112. The third-order valence-electron chi connectivity index (χ3n) is 9.70. The van der Waals surface area contributed by atoms with Gasteiger partial charge in [0, 0.05) is 18.4 Å². The van der Waals surface area contributed by atoms with Crippen molar-refractivity contribution in [2.24, 2.45) is 0 Å². The van der Waals surface area contributed by atoms with Crippen LogP contribution >= 0.6 is 19.8 Å². The van der Waals surface area contributed by atoms with Crippen LogP contribution in [-0.4, -0.2) is 128 Å². The third-order valence-corrected chi connectivity index (χ3v) is 10.8. The molecule has 0 spiro atoms. The first kappa shape index (κ1) is 52.1. The van der Waals surface area contributed by atoms with Crippen LogP contribution in [0.25, 0.3) is 0 Å². The van der Waals surface area contributed by atoms with Crippen molar-refractivity contribution < 1.29 is 84.8 Å². The first-order chi connectivity index (χ1) is 31.5. The average Bonchev–Trinajstić information content (AvgIpc) is 3.75. The highest BCUT2D eigenvalue weighted by atomic mass is 32.1. The van der Waals surface area contributed by atoms with E-state index in [4.69, 9.17) is 45.7 Å². The second-order valence-electron chi connectivity index (χ2n) is 14.7. The Morgan fingerprint density at radius 2 is 1.55 bits per heavy atom. The summed E-state index contributed by atoms with van der Waals surface area (Å²) in [7, 11) is -4.38. The molecule has 0 saturated carbocycles. The summed E-state index contributed by atoms with van der Waals surface area (Å²) in [6.07, 6.45) is -4.12. The molecule has 1 fully saturated rings. The van der Waals surface area contributed by atoms with Gasteiger partial charge in [-0.15, -0.1) is 5.10 Å². The number of nitrogens with zero attached hydrogens (tertiary/aromatic N) is 3. The number of rotatable bonds is 25. The number of thiocarbonyl (C=S) groups is 1. The summed E-state index contributed by atoms with van der Waals surface area (Å²) in [5.41, 5.74) is 2.31.